The van der Waals surface area contributed by atoms with Gasteiger partial charge in [0, 0.05) is 33.9 Å². The van der Waals surface area contributed by atoms with Gasteiger partial charge in [-0.05, 0) is 53.3 Å². The average molecular weight is 710 g/mol. The fourth-order valence-electron chi connectivity index (χ4n) is 6.65. The first-order valence-electron chi connectivity index (χ1n) is 18.5. The molecular weight excluding hydrogens is 671 g/mol. The summed E-state index contributed by atoms with van der Waals surface area (Å²) in [6, 6.07) is 57.5. The van der Waals surface area contributed by atoms with Crippen molar-refractivity contribution in [1.82, 2.24) is 15.0 Å². The van der Waals surface area contributed by atoms with Gasteiger partial charge in [0.1, 0.15) is 5.84 Å². The molecule has 0 N–H and O–H groups in total. The number of hydrogen-bond acceptors (Lipinski definition) is 4. The molecule has 55 heavy (non-hydrogen) atoms. The lowest BCUT2D eigenvalue weighted by Gasteiger charge is -2.19. The second-order valence-electron chi connectivity index (χ2n) is 13.4. The van der Waals surface area contributed by atoms with Gasteiger partial charge in [-0.1, -0.05) is 183 Å². The van der Waals surface area contributed by atoms with Crippen molar-refractivity contribution >= 4 is 22.8 Å². The molecule has 264 valence electrons. The van der Waals surface area contributed by atoms with Crippen LogP contribution in [0, 0.1) is 5.92 Å². The molecule has 1 unspecified atom stereocenters. The molecule has 5 nitrogen and oxygen atoms in total. The summed E-state index contributed by atoms with van der Waals surface area (Å²) in [5.74, 6) is 2.52. The van der Waals surface area contributed by atoms with Crippen LogP contribution in [-0.2, 0) is 0 Å². The van der Waals surface area contributed by atoms with Crippen molar-refractivity contribution in [1.29, 1.82) is 0 Å². The molecule has 1 heterocycles. The molecule has 7 aromatic rings. The highest BCUT2D eigenvalue weighted by atomic mass is 15.0. The molecule has 8 rings (SSSR count). The molecule has 0 aliphatic heterocycles. The summed E-state index contributed by atoms with van der Waals surface area (Å²) in [6.07, 6.45) is 7.42. The summed E-state index contributed by atoms with van der Waals surface area (Å²) < 4.78 is 0. The standard InChI is InChI=1S/C50H39N5/c1-35(37-18-7-3-8-19-37)51-49(52-36(2)41-26-15-27-42(32-41)38-20-9-4-10-21-38)45-30-16-28-43(33-45)44-29-17-31-46(34-44)50-54-47(39-22-11-5-12-23-39)53-48(55-50)40-24-13-6-14-25-40/h3-29,31-34,45H,2,30H2,1H3. The highest BCUT2D eigenvalue weighted by molar-refractivity contribution is 6.08. The summed E-state index contributed by atoms with van der Waals surface area (Å²) in [5, 5.41) is 0. The molecule has 0 saturated heterocycles. The van der Waals surface area contributed by atoms with E-state index in [2.05, 4.69) is 110 Å². The molecule has 6 aromatic carbocycles. The van der Waals surface area contributed by atoms with E-state index in [0.29, 0.717) is 29.0 Å². The zero-order valence-electron chi connectivity index (χ0n) is 30.6. The summed E-state index contributed by atoms with van der Waals surface area (Å²) in [7, 11) is 0. The number of hydrogen-bond donors (Lipinski definition) is 0. The van der Waals surface area contributed by atoms with E-state index in [-0.39, 0.29) is 5.92 Å². The van der Waals surface area contributed by atoms with Gasteiger partial charge >= 0.3 is 0 Å². The second kappa shape index (κ2) is 16.3. The third kappa shape index (κ3) is 8.27. The number of allylic oxidation sites excluding steroid dienone is 3. The Bertz CT molecular complexity index is 2510. The Morgan fingerprint density at radius 3 is 1.64 bits per heavy atom. The minimum Gasteiger partial charge on any atom is -0.237 e. The van der Waals surface area contributed by atoms with Gasteiger partial charge in [-0.25, -0.2) is 24.9 Å². The smallest absolute Gasteiger partial charge is 0.164 e. The molecule has 0 bridgehead atoms. The summed E-state index contributed by atoms with van der Waals surface area (Å²) >= 11 is 0. The molecule has 1 aliphatic rings. The third-order valence-corrected chi connectivity index (χ3v) is 9.58. The van der Waals surface area contributed by atoms with Crippen molar-refractivity contribution < 1.29 is 0 Å². The third-order valence-electron chi connectivity index (χ3n) is 9.58. The maximum atomic E-state index is 5.19. The van der Waals surface area contributed by atoms with Crippen molar-refractivity contribution in [2.75, 3.05) is 0 Å². The van der Waals surface area contributed by atoms with Gasteiger partial charge in [-0.3, -0.25) is 0 Å². The summed E-state index contributed by atoms with van der Waals surface area (Å²) in [4.78, 5) is 25.2. The molecule has 1 aromatic heterocycles. The van der Waals surface area contributed by atoms with E-state index >= 15 is 0 Å². The maximum absolute atomic E-state index is 5.19. The lowest BCUT2D eigenvalue weighted by Crippen LogP contribution is -2.14. The number of benzene rings is 6. The molecule has 0 amide bonds. The Balaban J connectivity index is 1.16. The summed E-state index contributed by atoms with van der Waals surface area (Å²) in [6.45, 7) is 6.48. The fourth-order valence-corrected chi connectivity index (χ4v) is 6.65. The van der Waals surface area contributed by atoms with Gasteiger partial charge < -0.3 is 0 Å². The second-order valence-corrected chi connectivity index (χ2v) is 13.4. The van der Waals surface area contributed by atoms with Crippen LogP contribution in [0.4, 0.5) is 0 Å². The van der Waals surface area contributed by atoms with Crippen LogP contribution in [0.1, 0.15) is 30.0 Å². The van der Waals surface area contributed by atoms with Crippen LogP contribution in [0.3, 0.4) is 0 Å². The van der Waals surface area contributed by atoms with Crippen molar-refractivity contribution in [3.63, 3.8) is 0 Å². The highest BCUT2D eigenvalue weighted by Crippen LogP contribution is 2.32. The maximum Gasteiger partial charge on any atom is 0.164 e. The molecule has 0 fully saturated rings. The van der Waals surface area contributed by atoms with Gasteiger partial charge in [0.2, 0.25) is 0 Å². The Hall–Kier alpha value is -7.11. The lowest BCUT2D eigenvalue weighted by molar-refractivity contribution is 0.862. The molecular formula is C50H39N5. The number of aromatic nitrogens is 3. The Morgan fingerprint density at radius 1 is 0.509 bits per heavy atom. The van der Waals surface area contributed by atoms with Gasteiger partial charge in [-0.2, -0.15) is 0 Å². The largest absolute Gasteiger partial charge is 0.237 e. The molecule has 0 radical (unpaired) electrons. The zero-order valence-corrected chi connectivity index (χ0v) is 30.6. The Kier molecular flexibility index (Phi) is 10.3. The van der Waals surface area contributed by atoms with Crippen molar-refractivity contribution in [2.24, 2.45) is 15.9 Å². The number of aliphatic imine (C=N–C) groups is 2. The predicted octanol–water partition coefficient (Wildman–Crippen LogP) is 12.1. The van der Waals surface area contributed by atoms with Crippen LogP contribution < -0.4 is 0 Å². The van der Waals surface area contributed by atoms with E-state index in [4.69, 9.17) is 24.9 Å². The van der Waals surface area contributed by atoms with Crippen LogP contribution in [0.2, 0.25) is 0 Å². The van der Waals surface area contributed by atoms with Crippen molar-refractivity contribution in [3.05, 3.63) is 211 Å². The first-order chi connectivity index (χ1) is 27.1. The minimum atomic E-state index is -0.0806. The molecule has 1 atom stereocenters. The van der Waals surface area contributed by atoms with Crippen LogP contribution in [0.5, 0.6) is 0 Å². The van der Waals surface area contributed by atoms with E-state index in [9.17, 15) is 0 Å². The highest BCUT2D eigenvalue weighted by Gasteiger charge is 2.19. The number of amidine groups is 1. The van der Waals surface area contributed by atoms with Gasteiger partial charge in [0.25, 0.3) is 0 Å². The first-order valence-corrected chi connectivity index (χ1v) is 18.5. The van der Waals surface area contributed by atoms with Crippen LogP contribution >= 0.6 is 0 Å². The quantitative estimate of drug-likeness (QED) is 0.111. The first kappa shape index (κ1) is 34.9. The van der Waals surface area contributed by atoms with E-state index in [1.54, 1.807) is 0 Å². The van der Waals surface area contributed by atoms with Crippen LogP contribution in [0.15, 0.2) is 205 Å². The zero-order chi connectivity index (χ0) is 37.4. The average Bonchev–Trinajstić information content (AvgIpc) is 3.27. The van der Waals surface area contributed by atoms with E-state index in [0.717, 1.165) is 62.2 Å². The lowest BCUT2D eigenvalue weighted by atomic mass is 9.90. The van der Waals surface area contributed by atoms with Crippen molar-refractivity contribution in [3.8, 4) is 45.3 Å². The summed E-state index contributed by atoms with van der Waals surface area (Å²) in [5.41, 5.74) is 10.8. The number of nitrogens with zero attached hydrogens (tertiary/aromatic N) is 5. The van der Waals surface area contributed by atoms with Gasteiger partial charge in [0.05, 0.1) is 5.70 Å². The van der Waals surface area contributed by atoms with Crippen LogP contribution in [-0.4, -0.2) is 26.5 Å². The van der Waals surface area contributed by atoms with E-state index in [1.165, 1.54) is 0 Å². The SMILES string of the molecule is C=C(N=C(N=C(C)c1ccccc1)C1C=C(c2cccc(-c3nc(-c4ccccc4)nc(-c4ccccc4)n3)c2)C=CC1)c1cccc(-c2ccccc2)c1. The molecule has 0 saturated carbocycles. The molecule has 5 heteroatoms. The monoisotopic (exact) mass is 709 g/mol. The fraction of sp³-hybridized carbons (Fsp3) is 0.0600. The van der Waals surface area contributed by atoms with Crippen molar-refractivity contribution in [2.45, 2.75) is 13.3 Å². The predicted molar refractivity (Wildman–Crippen MR) is 228 cm³/mol. The molecule has 0 spiro atoms. The van der Waals surface area contributed by atoms with Gasteiger partial charge in [-0.15, -0.1) is 0 Å². The van der Waals surface area contributed by atoms with Crippen LogP contribution in [0.25, 0.3) is 56.6 Å². The Morgan fingerprint density at radius 2 is 1.00 bits per heavy atom. The van der Waals surface area contributed by atoms with Gasteiger partial charge in [0.15, 0.2) is 17.5 Å². The number of rotatable bonds is 9. The minimum absolute atomic E-state index is 0.0806. The normalized spacial score (nSPS) is 14.3. The van der Waals surface area contributed by atoms with E-state index < -0.39 is 0 Å². The molecule has 1 aliphatic carbocycles. The van der Waals surface area contributed by atoms with E-state index in [1.807, 2.05) is 91.9 Å². The topological polar surface area (TPSA) is 63.4 Å². The Labute approximate surface area is 322 Å².